The van der Waals surface area contributed by atoms with E-state index in [4.69, 9.17) is 23.2 Å². The average Bonchev–Trinajstić information content (AvgIpc) is 2.44. The van der Waals surface area contributed by atoms with Crippen LogP contribution in [0.15, 0.2) is 47.4 Å². The summed E-state index contributed by atoms with van der Waals surface area (Å²) < 4.78 is 26.7. The molecule has 9 heteroatoms. The first-order chi connectivity index (χ1) is 9.83. The van der Waals surface area contributed by atoms with E-state index in [-0.39, 0.29) is 15.7 Å². The first kappa shape index (κ1) is 15.6. The van der Waals surface area contributed by atoms with E-state index in [0.717, 1.165) is 12.1 Å². The van der Waals surface area contributed by atoms with Gasteiger partial charge in [-0.15, -0.1) is 0 Å². The lowest BCUT2D eigenvalue weighted by Gasteiger charge is -2.10. The molecule has 0 aromatic heterocycles. The van der Waals surface area contributed by atoms with Crippen LogP contribution in [0, 0.1) is 10.1 Å². The minimum absolute atomic E-state index is 0.0151. The SMILES string of the molecule is O=[N+]([O-])c1ccccc1S(=O)(=O)Nc1cccc(Cl)c1Cl. The zero-order valence-electron chi connectivity index (χ0n) is 10.3. The van der Waals surface area contributed by atoms with Gasteiger partial charge in [0.15, 0.2) is 4.90 Å². The molecule has 0 bridgehead atoms. The van der Waals surface area contributed by atoms with Crippen LogP contribution in [0.5, 0.6) is 0 Å². The molecule has 2 rings (SSSR count). The summed E-state index contributed by atoms with van der Waals surface area (Å²) in [6.45, 7) is 0. The van der Waals surface area contributed by atoms with Crippen LogP contribution in [0.2, 0.25) is 10.0 Å². The van der Waals surface area contributed by atoms with Crippen molar-refractivity contribution in [2.75, 3.05) is 4.72 Å². The molecule has 0 unspecified atom stereocenters. The maximum absolute atomic E-state index is 12.3. The molecule has 2 aromatic carbocycles. The molecule has 0 fully saturated rings. The minimum Gasteiger partial charge on any atom is -0.278 e. The second-order valence-corrected chi connectivity index (χ2v) is 6.37. The smallest absolute Gasteiger partial charge is 0.278 e. The number of halogens is 2. The van der Waals surface area contributed by atoms with Crippen LogP contribution in [0.3, 0.4) is 0 Å². The van der Waals surface area contributed by atoms with Gasteiger partial charge in [0.2, 0.25) is 0 Å². The summed E-state index contributed by atoms with van der Waals surface area (Å²) in [6, 6.07) is 9.41. The number of nitro benzene ring substituents is 1. The van der Waals surface area contributed by atoms with Crippen molar-refractivity contribution in [3.63, 3.8) is 0 Å². The highest BCUT2D eigenvalue weighted by molar-refractivity contribution is 7.92. The summed E-state index contributed by atoms with van der Waals surface area (Å²) >= 11 is 11.7. The molecule has 1 N–H and O–H groups in total. The molecule has 0 aliphatic carbocycles. The van der Waals surface area contributed by atoms with E-state index < -0.39 is 25.5 Å². The molecule has 0 aliphatic heterocycles. The van der Waals surface area contributed by atoms with Gasteiger partial charge in [-0.2, -0.15) is 0 Å². The number of sulfonamides is 1. The number of hydrogen-bond acceptors (Lipinski definition) is 4. The predicted octanol–water partition coefficient (Wildman–Crippen LogP) is 3.70. The summed E-state index contributed by atoms with van der Waals surface area (Å²) in [4.78, 5) is 9.69. The molecule has 0 spiro atoms. The zero-order chi connectivity index (χ0) is 15.6. The van der Waals surface area contributed by atoms with Crippen molar-refractivity contribution in [2.45, 2.75) is 4.90 Å². The Kier molecular flexibility index (Phi) is 4.36. The van der Waals surface area contributed by atoms with Crippen molar-refractivity contribution in [1.82, 2.24) is 0 Å². The lowest BCUT2D eigenvalue weighted by atomic mass is 10.3. The first-order valence-corrected chi connectivity index (χ1v) is 7.77. The van der Waals surface area contributed by atoms with Crippen LogP contribution >= 0.6 is 23.2 Å². The Morgan fingerprint density at radius 1 is 1.05 bits per heavy atom. The van der Waals surface area contributed by atoms with E-state index in [9.17, 15) is 18.5 Å². The number of para-hydroxylation sites is 1. The summed E-state index contributed by atoms with van der Waals surface area (Å²) in [7, 11) is -4.16. The molecule has 0 saturated heterocycles. The Morgan fingerprint density at radius 2 is 1.71 bits per heavy atom. The lowest BCUT2D eigenvalue weighted by Crippen LogP contribution is -2.15. The minimum atomic E-state index is -4.16. The third-order valence-corrected chi connectivity index (χ3v) is 4.78. The van der Waals surface area contributed by atoms with Gasteiger partial charge in [-0.3, -0.25) is 14.8 Å². The topological polar surface area (TPSA) is 89.3 Å². The van der Waals surface area contributed by atoms with Crippen molar-refractivity contribution in [3.8, 4) is 0 Å². The van der Waals surface area contributed by atoms with Crippen LogP contribution in [0.4, 0.5) is 11.4 Å². The highest BCUT2D eigenvalue weighted by Crippen LogP contribution is 2.32. The standard InChI is InChI=1S/C12H8Cl2N2O4S/c13-8-4-3-5-9(12(8)14)15-21(19,20)11-7-2-1-6-10(11)16(17)18/h1-7,15H. The van der Waals surface area contributed by atoms with Gasteiger partial charge >= 0.3 is 0 Å². The van der Waals surface area contributed by atoms with Crippen molar-refractivity contribution < 1.29 is 13.3 Å². The Morgan fingerprint density at radius 3 is 2.38 bits per heavy atom. The quantitative estimate of drug-likeness (QED) is 0.674. The van der Waals surface area contributed by atoms with Crippen molar-refractivity contribution >= 4 is 44.6 Å². The van der Waals surface area contributed by atoms with Gasteiger partial charge in [0.05, 0.1) is 20.7 Å². The van der Waals surface area contributed by atoms with E-state index in [0.29, 0.717) is 0 Å². The van der Waals surface area contributed by atoms with E-state index in [2.05, 4.69) is 4.72 Å². The van der Waals surface area contributed by atoms with Crippen molar-refractivity contribution in [1.29, 1.82) is 0 Å². The summed E-state index contributed by atoms with van der Waals surface area (Å²) in [5.41, 5.74) is -0.481. The largest absolute Gasteiger partial charge is 0.289 e. The highest BCUT2D eigenvalue weighted by Gasteiger charge is 2.25. The van der Waals surface area contributed by atoms with Crippen LogP contribution in [0.1, 0.15) is 0 Å². The molecule has 0 atom stereocenters. The van der Waals surface area contributed by atoms with E-state index in [1.807, 2.05) is 0 Å². The van der Waals surface area contributed by atoms with Gasteiger partial charge in [-0.1, -0.05) is 41.4 Å². The fourth-order valence-corrected chi connectivity index (χ4v) is 3.27. The summed E-state index contributed by atoms with van der Waals surface area (Å²) in [5, 5.41) is 11.1. The Bertz CT molecular complexity index is 809. The van der Waals surface area contributed by atoms with E-state index in [1.165, 1.54) is 30.3 Å². The van der Waals surface area contributed by atoms with Crippen LogP contribution in [-0.2, 0) is 10.0 Å². The van der Waals surface area contributed by atoms with Gasteiger partial charge in [-0.25, -0.2) is 8.42 Å². The molecular formula is C12H8Cl2N2O4S. The van der Waals surface area contributed by atoms with Gasteiger partial charge in [0.25, 0.3) is 15.7 Å². The highest BCUT2D eigenvalue weighted by atomic mass is 35.5. The fraction of sp³-hybridized carbons (Fsp3) is 0. The maximum Gasteiger partial charge on any atom is 0.289 e. The fourth-order valence-electron chi connectivity index (χ4n) is 1.62. The Hall–Kier alpha value is -1.83. The predicted molar refractivity (Wildman–Crippen MR) is 80.4 cm³/mol. The lowest BCUT2D eigenvalue weighted by molar-refractivity contribution is -0.387. The number of nitro groups is 1. The zero-order valence-corrected chi connectivity index (χ0v) is 12.6. The Balaban J connectivity index is 2.49. The third kappa shape index (κ3) is 3.26. The second-order valence-electron chi connectivity index (χ2n) is 3.93. The molecule has 0 saturated carbocycles. The number of benzene rings is 2. The molecule has 0 radical (unpaired) electrons. The summed E-state index contributed by atoms with van der Waals surface area (Å²) in [6.07, 6.45) is 0. The number of nitrogens with one attached hydrogen (secondary N) is 1. The van der Waals surface area contributed by atoms with E-state index >= 15 is 0 Å². The molecule has 0 amide bonds. The third-order valence-electron chi connectivity index (χ3n) is 2.55. The number of nitrogens with zero attached hydrogens (tertiary/aromatic N) is 1. The maximum atomic E-state index is 12.3. The van der Waals surface area contributed by atoms with Crippen LogP contribution < -0.4 is 4.72 Å². The number of hydrogen-bond donors (Lipinski definition) is 1. The molecule has 110 valence electrons. The molecule has 0 heterocycles. The second kappa shape index (κ2) is 5.88. The molecule has 21 heavy (non-hydrogen) atoms. The number of rotatable bonds is 4. The molecule has 2 aromatic rings. The van der Waals surface area contributed by atoms with Gasteiger partial charge in [0, 0.05) is 6.07 Å². The normalized spacial score (nSPS) is 11.1. The average molecular weight is 347 g/mol. The van der Waals surface area contributed by atoms with Crippen LogP contribution in [0.25, 0.3) is 0 Å². The van der Waals surface area contributed by atoms with Crippen molar-refractivity contribution in [2.24, 2.45) is 0 Å². The van der Waals surface area contributed by atoms with E-state index in [1.54, 1.807) is 0 Å². The molecule has 6 nitrogen and oxygen atoms in total. The van der Waals surface area contributed by atoms with Gasteiger partial charge in [-0.05, 0) is 18.2 Å². The van der Waals surface area contributed by atoms with Crippen LogP contribution in [-0.4, -0.2) is 13.3 Å². The summed E-state index contributed by atoms with van der Waals surface area (Å²) in [5.74, 6) is 0. The number of anilines is 1. The van der Waals surface area contributed by atoms with Crippen molar-refractivity contribution in [3.05, 3.63) is 62.6 Å². The van der Waals surface area contributed by atoms with Gasteiger partial charge in [0.1, 0.15) is 0 Å². The molecular weight excluding hydrogens is 339 g/mol. The Labute approximate surface area is 130 Å². The first-order valence-electron chi connectivity index (χ1n) is 5.53. The molecule has 0 aliphatic rings. The van der Waals surface area contributed by atoms with Gasteiger partial charge < -0.3 is 0 Å². The monoisotopic (exact) mass is 346 g/mol.